The molecule has 1 aliphatic heterocycles. The highest BCUT2D eigenvalue weighted by Crippen LogP contribution is 2.23. The lowest BCUT2D eigenvalue weighted by atomic mass is 9.97. The maximum atomic E-state index is 8.65. The Morgan fingerprint density at radius 1 is 1.57 bits per heavy atom. The molecule has 1 aromatic rings. The number of piperidine rings is 1. The Bertz CT molecular complexity index is 330. The monoisotopic (exact) mass is 190 g/mol. The van der Waals surface area contributed by atoms with Crippen LogP contribution in [-0.4, -0.2) is 22.6 Å². The van der Waals surface area contributed by atoms with Crippen LogP contribution < -0.4 is 5.32 Å². The maximum Gasteiger partial charge on any atom is 0.112 e. The van der Waals surface area contributed by atoms with E-state index in [4.69, 9.17) is 5.26 Å². The second-order valence-corrected chi connectivity index (χ2v) is 3.60. The molecule has 1 aromatic heterocycles. The van der Waals surface area contributed by atoms with Crippen LogP contribution in [0.2, 0.25) is 0 Å². The van der Waals surface area contributed by atoms with Gasteiger partial charge in [-0.3, -0.25) is 0 Å². The highest BCUT2D eigenvalue weighted by molar-refractivity contribution is 5.03. The SMILES string of the molecule is N#CCn1ccnc1C1CCNCC1. The van der Waals surface area contributed by atoms with Gasteiger partial charge in [0, 0.05) is 18.3 Å². The standard InChI is InChI=1S/C10H14N4/c11-3-7-14-8-6-13-10(14)9-1-4-12-5-2-9/h6,8-9,12H,1-2,4-5,7H2. The van der Waals surface area contributed by atoms with Gasteiger partial charge in [0.1, 0.15) is 12.4 Å². The summed E-state index contributed by atoms with van der Waals surface area (Å²) in [5, 5.41) is 12.0. The molecule has 0 bridgehead atoms. The maximum absolute atomic E-state index is 8.65. The number of imidazole rings is 1. The Kier molecular flexibility index (Phi) is 2.80. The first-order chi connectivity index (χ1) is 6.92. The van der Waals surface area contributed by atoms with E-state index in [0.717, 1.165) is 31.8 Å². The third kappa shape index (κ3) is 1.78. The minimum absolute atomic E-state index is 0.416. The van der Waals surface area contributed by atoms with Crippen LogP contribution in [0, 0.1) is 11.3 Å². The number of aromatic nitrogens is 2. The molecular formula is C10H14N4. The molecule has 1 fully saturated rings. The van der Waals surface area contributed by atoms with Gasteiger partial charge in [0.15, 0.2) is 0 Å². The zero-order valence-corrected chi connectivity index (χ0v) is 8.11. The smallest absolute Gasteiger partial charge is 0.112 e. The van der Waals surface area contributed by atoms with E-state index in [0.29, 0.717) is 12.5 Å². The average molecular weight is 190 g/mol. The summed E-state index contributed by atoms with van der Waals surface area (Å²) < 4.78 is 1.95. The van der Waals surface area contributed by atoms with Gasteiger partial charge in [-0.25, -0.2) is 4.98 Å². The van der Waals surface area contributed by atoms with Crippen molar-refractivity contribution >= 4 is 0 Å². The molecule has 1 aliphatic rings. The van der Waals surface area contributed by atoms with Gasteiger partial charge < -0.3 is 9.88 Å². The lowest BCUT2D eigenvalue weighted by Crippen LogP contribution is -2.28. The van der Waals surface area contributed by atoms with Crippen LogP contribution in [0.4, 0.5) is 0 Å². The van der Waals surface area contributed by atoms with Gasteiger partial charge in [0.25, 0.3) is 0 Å². The van der Waals surface area contributed by atoms with Crippen molar-refractivity contribution < 1.29 is 0 Å². The van der Waals surface area contributed by atoms with Crippen LogP contribution >= 0.6 is 0 Å². The van der Waals surface area contributed by atoms with E-state index in [1.54, 1.807) is 6.20 Å². The van der Waals surface area contributed by atoms with E-state index < -0.39 is 0 Å². The molecule has 0 spiro atoms. The Hall–Kier alpha value is -1.34. The van der Waals surface area contributed by atoms with E-state index >= 15 is 0 Å². The molecule has 4 nitrogen and oxygen atoms in total. The first-order valence-electron chi connectivity index (χ1n) is 5.00. The highest BCUT2D eigenvalue weighted by Gasteiger charge is 2.19. The Labute approximate surface area is 83.6 Å². The van der Waals surface area contributed by atoms with Gasteiger partial charge in [-0.1, -0.05) is 0 Å². The van der Waals surface area contributed by atoms with Crippen LogP contribution in [0.15, 0.2) is 12.4 Å². The van der Waals surface area contributed by atoms with Gasteiger partial charge in [-0.2, -0.15) is 5.26 Å². The lowest BCUT2D eigenvalue weighted by Gasteiger charge is -2.22. The van der Waals surface area contributed by atoms with Gasteiger partial charge in [-0.15, -0.1) is 0 Å². The van der Waals surface area contributed by atoms with Crippen molar-refractivity contribution in [3.8, 4) is 6.07 Å². The van der Waals surface area contributed by atoms with Gasteiger partial charge in [0.2, 0.25) is 0 Å². The largest absolute Gasteiger partial charge is 0.321 e. The number of hydrogen-bond acceptors (Lipinski definition) is 3. The van der Waals surface area contributed by atoms with Gasteiger partial charge >= 0.3 is 0 Å². The summed E-state index contributed by atoms with van der Waals surface area (Å²) >= 11 is 0. The molecule has 0 radical (unpaired) electrons. The number of hydrogen-bond donors (Lipinski definition) is 1. The van der Waals surface area contributed by atoms with Crippen LogP contribution in [0.25, 0.3) is 0 Å². The fraction of sp³-hybridized carbons (Fsp3) is 0.600. The average Bonchev–Trinajstić information content (AvgIpc) is 2.68. The van der Waals surface area contributed by atoms with Crippen molar-refractivity contribution in [1.82, 2.24) is 14.9 Å². The van der Waals surface area contributed by atoms with Gasteiger partial charge in [-0.05, 0) is 25.9 Å². The minimum Gasteiger partial charge on any atom is -0.321 e. The normalized spacial score (nSPS) is 17.9. The van der Waals surface area contributed by atoms with Crippen molar-refractivity contribution in [2.24, 2.45) is 0 Å². The molecule has 0 aliphatic carbocycles. The lowest BCUT2D eigenvalue weighted by molar-refractivity contribution is 0.435. The zero-order chi connectivity index (χ0) is 9.80. The van der Waals surface area contributed by atoms with E-state index in [-0.39, 0.29) is 0 Å². The summed E-state index contributed by atoms with van der Waals surface area (Å²) in [5.74, 6) is 1.60. The molecular weight excluding hydrogens is 176 g/mol. The quantitative estimate of drug-likeness (QED) is 0.753. The summed E-state index contributed by atoms with van der Waals surface area (Å²) in [6.07, 6.45) is 5.93. The second-order valence-electron chi connectivity index (χ2n) is 3.60. The van der Waals surface area contributed by atoms with Crippen LogP contribution in [0.1, 0.15) is 24.6 Å². The molecule has 0 atom stereocenters. The van der Waals surface area contributed by atoms with Crippen LogP contribution in [-0.2, 0) is 6.54 Å². The molecule has 2 rings (SSSR count). The van der Waals surface area contributed by atoms with E-state index in [1.165, 1.54) is 0 Å². The fourth-order valence-corrected chi connectivity index (χ4v) is 1.97. The highest BCUT2D eigenvalue weighted by atomic mass is 15.1. The van der Waals surface area contributed by atoms with Gasteiger partial charge in [0.05, 0.1) is 6.07 Å². The number of rotatable bonds is 2. The number of nitrogens with zero attached hydrogens (tertiary/aromatic N) is 3. The Morgan fingerprint density at radius 3 is 3.07 bits per heavy atom. The van der Waals surface area contributed by atoms with E-state index in [2.05, 4.69) is 16.4 Å². The number of nitrogens with one attached hydrogen (secondary N) is 1. The topological polar surface area (TPSA) is 53.6 Å². The summed E-state index contributed by atoms with van der Waals surface area (Å²) in [6, 6.07) is 2.16. The third-order valence-electron chi connectivity index (χ3n) is 2.69. The van der Waals surface area contributed by atoms with E-state index in [1.807, 2.05) is 10.8 Å². The van der Waals surface area contributed by atoms with Crippen molar-refractivity contribution in [2.45, 2.75) is 25.3 Å². The first kappa shape index (κ1) is 9.22. The molecule has 0 amide bonds. The van der Waals surface area contributed by atoms with E-state index in [9.17, 15) is 0 Å². The van der Waals surface area contributed by atoms with Crippen molar-refractivity contribution in [3.63, 3.8) is 0 Å². The summed E-state index contributed by atoms with van der Waals surface area (Å²) in [4.78, 5) is 4.34. The zero-order valence-electron chi connectivity index (χ0n) is 8.11. The molecule has 74 valence electrons. The molecule has 0 unspecified atom stereocenters. The molecule has 0 saturated carbocycles. The van der Waals surface area contributed by atoms with Crippen molar-refractivity contribution in [3.05, 3.63) is 18.2 Å². The first-order valence-corrected chi connectivity index (χ1v) is 5.00. The molecule has 2 heterocycles. The summed E-state index contributed by atoms with van der Waals surface area (Å²) in [6.45, 7) is 2.54. The molecule has 4 heteroatoms. The summed E-state index contributed by atoms with van der Waals surface area (Å²) in [7, 11) is 0. The minimum atomic E-state index is 0.416. The van der Waals surface area contributed by atoms with Crippen LogP contribution in [0.3, 0.4) is 0 Å². The molecule has 14 heavy (non-hydrogen) atoms. The molecule has 1 N–H and O–H groups in total. The third-order valence-corrected chi connectivity index (χ3v) is 2.69. The predicted molar refractivity (Wildman–Crippen MR) is 52.7 cm³/mol. The second kappa shape index (κ2) is 4.25. The Balaban J connectivity index is 2.13. The van der Waals surface area contributed by atoms with Crippen molar-refractivity contribution in [2.75, 3.05) is 13.1 Å². The summed E-state index contributed by atoms with van der Waals surface area (Å²) in [5.41, 5.74) is 0. The Morgan fingerprint density at radius 2 is 2.36 bits per heavy atom. The molecule has 0 aromatic carbocycles. The predicted octanol–water partition coefficient (Wildman–Crippen LogP) is 0.874. The number of nitriles is 1. The molecule has 1 saturated heterocycles. The van der Waals surface area contributed by atoms with Crippen LogP contribution in [0.5, 0.6) is 0 Å². The fourth-order valence-electron chi connectivity index (χ4n) is 1.97. The van der Waals surface area contributed by atoms with Crippen molar-refractivity contribution in [1.29, 1.82) is 5.26 Å².